The lowest BCUT2D eigenvalue weighted by molar-refractivity contribution is 0.102. The lowest BCUT2D eigenvalue weighted by Crippen LogP contribution is -2.11. The fraction of sp³-hybridized carbons (Fsp3) is 0. The number of phenols is 1. The molecule has 0 aliphatic carbocycles. The summed E-state index contributed by atoms with van der Waals surface area (Å²) in [5, 5.41) is 22.1. The molecule has 3 aromatic rings. The molecule has 0 unspecified atom stereocenters. The summed E-state index contributed by atoms with van der Waals surface area (Å²) in [6, 6.07) is 16.4. The van der Waals surface area contributed by atoms with E-state index in [9.17, 15) is 9.90 Å². The van der Waals surface area contributed by atoms with Crippen LogP contribution in [0.1, 0.15) is 15.9 Å². The first kappa shape index (κ1) is 16.5. The molecule has 0 saturated carbocycles. The Hall–Kier alpha value is -3.36. The largest absolute Gasteiger partial charge is 0.507 e. The highest BCUT2D eigenvalue weighted by molar-refractivity contribution is 6.30. The Morgan fingerprint density at radius 3 is 2.52 bits per heavy atom. The van der Waals surface area contributed by atoms with E-state index < -0.39 is 0 Å². The molecular weight excluding hydrogens is 338 g/mol. The molecule has 2 aromatic carbocycles. The Labute approximate surface area is 149 Å². The van der Waals surface area contributed by atoms with E-state index in [1.54, 1.807) is 48.5 Å². The molecule has 0 radical (unpaired) electrons. The number of amides is 1. The van der Waals surface area contributed by atoms with Crippen molar-refractivity contribution in [2.24, 2.45) is 0 Å². The van der Waals surface area contributed by atoms with Gasteiger partial charge in [0, 0.05) is 23.0 Å². The molecule has 0 bridgehead atoms. The summed E-state index contributed by atoms with van der Waals surface area (Å²) in [6.07, 6.45) is 1.48. The van der Waals surface area contributed by atoms with Crippen molar-refractivity contribution in [3.63, 3.8) is 0 Å². The zero-order chi connectivity index (χ0) is 17.8. The number of anilines is 1. The molecule has 1 amide bonds. The first-order valence-corrected chi connectivity index (χ1v) is 7.71. The minimum absolute atomic E-state index is 0.0474. The molecule has 5 nitrogen and oxygen atoms in total. The number of nitriles is 1. The van der Waals surface area contributed by atoms with Crippen LogP contribution in [0.3, 0.4) is 0 Å². The first-order chi connectivity index (χ1) is 12.1. The molecule has 0 aliphatic heterocycles. The van der Waals surface area contributed by atoms with Crippen LogP contribution in [-0.2, 0) is 0 Å². The van der Waals surface area contributed by atoms with Gasteiger partial charge in [0.1, 0.15) is 5.75 Å². The molecule has 3 rings (SSSR count). The molecule has 25 heavy (non-hydrogen) atoms. The molecule has 1 aromatic heterocycles. The molecule has 1 heterocycles. The second-order valence-electron chi connectivity index (χ2n) is 5.24. The normalized spacial score (nSPS) is 10.1. The highest BCUT2D eigenvalue weighted by Gasteiger charge is 2.10. The number of hydrogen-bond donors (Lipinski definition) is 2. The van der Waals surface area contributed by atoms with E-state index in [1.165, 1.54) is 12.3 Å². The third kappa shape index (κ3) is 3.77. The van der Waals surface area contributed by atoms with E-state index >= 15 is 0 Å². The van der Waals surface area contributed by atoms with Gasteiger partial charge in [0.25, 0.3) is 5.91 Å². The molecular formula is C19H12ClN3O2. The summed E-state index contributed by atoms with van der Waals surface area (Å²) in [5.74, 6) is -0.267. The molecule has 0 fully saturated rings. The van der Waals surface area contributed by atoms with Crippen LogP contribution in [0.15, 0.2) is 60.8 Å². The second kappa shape index (κ2) is 7.04. The number of nitrogens with one attached hydrogen (secondary N) is 1. The lowest BCUT2D eigenvalue weighted by Gasteiger charge is -2.09. The summed E-state index contributed by atoms with van der Waals surface area (Å²) < 4.78 is 0. The lowest BCUT2D eigenvalue weighted by atomic mass is 10.1. The fourth-order valence-corrected chi connectivity index (χ4v) is 2.37. The smallest absolute Gasteiger partial charge is 0.255 e. The Bertz CT molecular complexity index is 961. The minimum atomic E-state index is -0.315. The van der Waals surface area contributed by atoms with Crippen LogP contribution in [0, 0.1) is 11.3 Å². The minimum Gasteiger partial charge on any atom is -0.507 e. The molecule has 122 valence electrons. The van der Waals surface area contributed by atoms with Gasteiger partial charge >= 0.3 is 0 Å². The van der Waals surface area contributed by atoms with Gasteiger partial charge in [0.15, 0.2) is 0 Å². The van der Waals surface area contributed by atoms with Crippen LogP contribution in [0.2, 0.25) is 5.02 Å². The summed E-state index contributed by atoms with van der Waals surface area (Å²) in [4.78, 5) is 16.5. The van der Waals surface area contributed by atoms with Gasteiger partial charge in [0.2, 0.25) is 0 Å². The molecule has 0 spiro atoms. The van der Waals surface area contributed by atoms with Crippen LogP contribution in [0.4, 0.5) is 5.69 Å². The van der Waals surface area contributed by atoms with E-state index in [0.29, 0.717) is 33.1 Å². The summed E-state index contributed by atoms with van der Waals surface area (Å²) in [7, 11) is 0. The van der Waals surface area contributed by atoms with Crippen molar-refractivity contribution in [3.8, 4) is 23.1 Å². The highest BCUT2D eigenvalue weighted by atomic mass is 35.5. The van der Waals surface area contributed by atoms with Crippen molar-refractivity contribution in [3.05, 3.63) is 76.9 Å². The number of hydrogen-bond acceptors (Lipinski definition) is 4. The van der Waals surface area contributed by atoms with E-state index in [1.807, 2.05) is 6.07 Å². The van der Waals surface area contributed by atoms with Gasteiger partial charge in [-0.2, -0.15) is 5.26 Å². The quantitative estimate of drug-likeness (QED) is 0.693. The monoisotopic (exact) mass is 349 g/mol. The number of carbonyl (C=O) groups excluding carboxylic acids is 1. The number of benzene rings is 2. The SMILES string of the molecule is N#Cc1ccc(C(=O)Nc2ccc(O)c(-c3ccc(Cl)cn3)c2)cc1. The standard InChI is InChI=1S/C19H12ClN3O2/c20-14-5-7-17(22-11-14)16-9-15(6-8-18(16)24)23-19(25)13-3-1-12(10-21)2-4-13/h1-9,11,24H,(H,23,25). The Balaban J connectivity index is 1.85. The van der Waals surface area contributed by atoms with Crippen LogP contribution < -0.4 is 5.32 Å². The number of halogens is 1. The average molecular weight is 350 g/mol. The second-order valence-corrected chi connectivity index (χ2v) is 5.67. The van der Waals surface area contributed by atoms with Gasteiger partial charge in [-0.3, -0.25) is 9.78 Å². The third-order valence-electron chi connectivity index (χ3n) is 3.53. The van der Waals surface area contributed by atoms with Crippen molar-refractivity contribution < 1.29 is 9.90 Å². The Morgan fingerprint density at radius 2 is 1.88 bits per heavy atom. The van der Waals surface area contributed by atoms with Gasteiger partial charge < -0.3 is 10.4 Å². The van der Waals surface area contributed by atoms with Crippen molar-refractivity contribution in [1.29, 1.82) is 5.26 Å². The number of nitrogens with zero attached hydrogens (tertiary/aromatic N) is 2. The topological polar surface area (TPSA) is 86.0 Å². The zero-order valence-electron chi connectivity index (χ0n) is 12.9. The van der Waals surface area contributed by atoms with Crippen LogP contribution >= 0.6 is 11.6 Å². The molecule has 0 saturated heterocycles. The number of phenolic OH excluding ortho intramolecular Hbond substituents is 1. The number of aromatic nitrogens is 1. The van der Waals surface area contributed by atoms with Crippen molar-refractivity contribution in [1.82, 2.24) is 4.98 Å². The van der Waals surface area contributed by atoms with E-state index in [2.05, 4.69) is 10.3 Å². The zero-order valence-corrected chi connectivity index (χ0v) is 13.7. The van der Waals surface area contributed by atoms with E-state index in [0.717, 1.165) is 0 Å². The van der Waals surface area contributed by atoms with Crippen LogP contribution in [0.25, 0.3) is 11.3 Å². The number of rotatable bonds is 3. The predicted octanol–water partition coefficient (Wildman–Crippen LogP) is 4.23. The number of pyridine rings is 1. The fourth-order valence-electron chi connectivity index (χ4n) is 2.25. The summed E-state index contributed by atoms with van der Waals surface area (Å²) in [6.45, 7) is 0. The van der Waals surface area contributed by atoms with Gasteiger partial charge in [-0.05, 0) is 54.6 Å². The Morgan fingerprint density at radius 1 is 1.12 bits per heavy atom. The molecule has 0 atom stereocenters. The molecule has 2 N–H and O–H groups in total. The van der Waals surface area contributed by atoms with Crippen LogP contribution in [-0.4, -0.2) is 16.0 Å². The van der Waals surface area contributed by atoms with Crippen molar-refractivity contribution >= 4 is 23.2 Å². The third-order valence-corrected chi connectivity index (χ3v) is 3.76. The average Bonchev–Trinajstić information content (AvgIpc) is 2.64. The maximum atomic E-state index is 12.3. The number of carbonyl (C=O) groups is 1. The van der Waals surface area contributed by atoms with Crippen molar-refractivity contribution in [2.75, 3.05) is 5.32 Å². The van der Waals surface area contributed by atoms with E-state index in [4.69, 9.17) is 16.9 Å². The van der Waals surface area contributed by atoms with Gasteiger partial charge in [0.05, 0.1) is 22.3 Å². The summed E-state index contributed by atoms with van der Waals surface area (Å²) in [5.41, 5.74) is 2.44. The summed E-state index contributed by atoms with van der Waals surface area (Å²) >= 11 is 5.83. The Kier molecular flexibility index (Phi) is 4.64. The maximum absolute atomic E-state index is 12.3. The first-order valence-electron chi connectivity index (χ1n) is 7.33. The van der Waals surface area contributed by atoms with E-state index in [-0.39, 0.29) is 11.7 Å². The predicted molar refractivity (Wildman–Crippen MR) is 95.5 cm³/mol. The molecule has 0 aliphatic rings. The van der Waals surface area contributed by atoms with Gasteiger partial charge in [-0.1, -0.05) is 11.6 Å². The van der Waals surface area contributed by atoms with Gasteiger partial charge in [-0.25, -0.2) is 0 Å². The maximum Gasteiger partial charge on any atom is 0.255 e. The van der Waals surface area contributed by atoms with Crippen LogP contribution in [0.5, 0.6) is 5.75 Å². The number of aromatic hydroxyl groups is 1. The van der Waals surface area contributed by atoms with Gasteiger partial charge in [-0.15, -0.1) is 0 Å². The molecule has 6 heteroatoms. The highest BCUT2D eigenvalue weighted by Crippen LogP contribution is 2.31. The van der Waals surface area contributed by atoms with Crippen molar-refractivity contribution in [2.45, 2.75) is 0 Å².